The molecule has 0 amide bonds. The van der Waals surface area contributed by atoms with Crippen molar-refractivity contribution in [3.63, 3.8) is 0 Å². The summed E-state index contributed by atoms with van der Waals surface area (Å²) in [5, 5.41) is 0. The second-order valence-electron chi connectivity index (χ2n) is 2.46. The van der Waals surface area contributed by atoms with Gasteiger partial charge in [-0.15, -0.1) is 0 Å². The van der Waals surface area contributed by atoms with Gasteiger partial charge in [0.25, 0.3) is 3.90 Å². The van der Waals surface area contributed by atoms with Crippen LogP contribution >= 0.6 is 22.6 Å². The first-order chi connectivity index (χ1) is 6.27. The highest BCUT2D eigenvalue weighted by molar-refractivity contribution is 14.1. The largest absolute Gasteiger partial charge is 0.432 e. The average Bonchev–Trinajstić information content (AvgIpc) is 2.53. The van der Waals surface area contributed by atoms with E-state index in [1.54, 1.807) is 18.2 Å². The van der Waals surface area contributed by atoms with E-state index in [1.807, 2.05) is 22.6 Å². The maximum Gasteiger partial charge on any atom is 0.257 e. The number of aromatic nitrogens is 1. The predicted octanol–water partition coefficient (Wildman–Crippen LogP) is 3.09. The summed E-state index contributed by atoms with van der Waals surface area (Å²) in [6, 6.07) is 6.45. The van der Waals surface area contributed by atoms with Crippen LogP contribution in [0.5, 0.6) is 0 Å². The molecule has 0 aliphatic carbocycles. The Hall–Kier alpha value is -0.910. The molecule has 0 aliphatic rings. The second-order valence-corrected chi connectivity index (χ2v) is 3.38. The van der Waals surface area contributed by atoms with Gasteiger partial charge in [0.2, 0.25) is 0 Å². The minimum atomic E-state index is -0.296. The van der Waals surface area contributed by atoms with Crippen molar-refractivity contribution in [2.75, 3.05) is 0 Å². The molecule has 1 aromatic heterocycles. The van der Waals surface area contributed by atoms with Crippen LogP contribution in [0, 0.1) is 9.71 Å². The van der Waals surface area contributed by atoms with Gasteiger partial charge in [-0.3, -0.25) is 0 Å². The maximum atomic E-state index is 13.2. The van der Waals surface area contributed by atoms with Crippen molar-refractivity contribution in [1.29, 1.82) is 0 Å². The number of hydrogen-bond acceptors (Lipinski definition) is 2. The highest BCUT2D eigenvalue weighted by Crippen LogP contribution is 2.23. The summed E-state index contributed by atoms with van der Waals surface area (Å²) < 4.78 is 18.9. The van der Waals surface area contributed by atoms with E-state index in [1.165, 1.54) is 12.3 Å². The normalized spacial score (nSPS) is 10.3. The molecule has 0 radical (unpaired) electrons. The molecule has 0 saturated carbocycles. The van der Waals surface area contributed by atoms with Gasteiger partial charge in [-0.25, -0.2) is 9.37 Å². The van der Waals surface area contributed by atoms with Crippen molar-refractivity contribution < 1.29 is 8.81 Å². The lowest BCUT2D eigenvalue weighted by molar-refractivity contribution is 0.532. The Labute approximate surface area is 87.9 Å². The average molecular weight is 289 g/mol. The molecule has 2 rings (SSSR count). The van der Waals surface area contributed by atoms with Gasteiger partial charge in [0.1, 0.15) is 5.82 Å². The van der Waals surface area contributed by atoms with E-state index in [0.717, 1.165) is 0 Å². The number of halogens is 2. The van der Waals surface area contributed by atoms with E-state index in [9.17, 15) is 4.39 Å². The summed E-state index contributed by atoms with van der Waals surface area (Å²) in [6.45, 7) is 0. The van der Waals surface area contributed by atoms with Crippen LogP contribution in [-0.2, 0) is 0 Å². The van der Waals surface area contributed by atoms with Crippen LogP contribution in [0.1, 0.15) is 0 Å². The monoisotopic (exact) mass is 289 g/mol. The lowest BCUT2D eigenvalue weighted by Gasteiger charge is -1.95. The molecule has 2 aromatic rings. The fourth-order valence-electron chi connectivity index (χ4n) is 1.04. The summed E-state index contributed by atoms with van der Waals surface area (Å²) in [5.41, 5.74) is 0.443. The molecule has 1 aromatic carbocycles. The molecule has 0 spiro atoms. The number of rotatable bonds is 1. The third kappa shape index (κ3) is 1.72. The van der Waals surface area contributed by atoms with Crippen LogP contribution in [0.15, 0.2) is 34.9 Å². The van der Waals surface area contributed by atoms with Gasteiger partial charge in [0, 0.05) is 22.6 Å². The van der Waals surface area contributed by atoms with Crippen molar-refractivity contribution in [2.45, 2.75) is 0 Å². The zero-order valence-electron chi connectivity index (χ0n) is 6.50. The van der Waals surface area contributed by atoms with Crippen molar-refractivity contribution in [3.05, 3.63) is 40.2 Å². The lowest BCUT2D eigenvalue weighted by Crippen LogP contribution is -1.79. The van der Waals surface area contributed by atoms with Crippen LogP contribution in [0.2, 0.25) is 0 Å². The third-order valence-electron chi connectivity index (χ3n) is 1.62. The zero-order valence-corrected chi connectivity index (χ0v) is 8.66. The SMILES string of the molecule is Fc1ccccc1-c1cnc(I)o1. The van der Waals surface area contributed by atoms with Gasteiger partial charge < -0.3 is 4.42 Å². The Bertz CT molecular complexity index is 427. The van der Waals surface area contributed by atoms with E-state index in [0.29, 0.717) is 15.2 Å². The fraction of sp³-hybridized carbons (Fsp3) is 0. The third-order valence-corrected chi connectivity index (χ3v) is 2.12. The van der Waals surface area contributed by atoms with Gasteiger partial charge in [0.05, 0.1) is 11.8 Å². The van der Waals surface area contributed by atoms with Crippen LogP contribution in [-0.4, -0.2) is 4.98 Å². The van der Waals surface area contributed by atoms with E-state index < -0.39 is 0 Å². The van der Waals surface area contributed by atoms with E-state index >= 15 is 0 Å². The smallest absolute Gasteiger partial charge is 0.257 e. The van der Waals surface area contributed by atoms with E-state index in [-0.39, 0.29) is 5.82 Å². The maximum absolute atomic E-state index is 13.2. The second kappa shape index (κ2) is 3.45. The predicted molar refractivity (Wildman–Crippen MR) is 54.6 cm³/mol. The summed E-state index contributed by atoms with van der Waals surface area (Å²) in [5.74, 6) is 0.164. The highest BCUT2D eigenvalue weighted by Gasteiger charge is 2.08. The highest BCUT2D eigenvalue weighted by atomic mass is 127. The molecule has 0 atom stereocenters. The number of nitrogens with zero attached hydrogens (tertiary/aromatic N) is 1. The first kappa shape index (κ1) is 8.68. The summed E-state index contributed by atoms with van der Waals surface area (Å²) in [7, 11) is 0. The molecule has 0 bridgehead atoms. The van der Waals surface area contributed by atoms with E-state index in [4.69, 9.17) is 4.42 Å². The van der Waals surface area contributed by atoms with Crippen LogP contribution < -0.4 is 0 Å². The molecule has 0 saturated heterocycles. The topological polar surface area (TPSA) is 26.0 Å². The molecule has 0 unspecified atom stereocenters. The van der Waals surface area contributed by atoms with Gasteiger partial charge in [0.15, 0.2) is 5.76 Å². The number of hydrogen-bond donors (Lipinski definition) is 0. The Morgan fingerprint density at radius 1 is 1.31 bits per heavy atom. The zero-order chi connectivity index (χ0) is 9.26. The van der Waals surface area contributed by atoms with Gasteiger partial charge in [-0.2, -0.15) is 0 Å². The minimum absolute atomic E-state index is 0.296. The number of oxazole rings is 1. The van der Waals surface area contributed by atoms with Crippen LogP contribution in [0.3, 0.4) is 0 Å². The molecule has 1 heterocycles. The van der Waals surface area contributed by atoms with Crippen LogP contribution in [0.4, 0.5) is 4.39 Å². The Morgan fingerprint density at radius 2 is 2.08 bits per heavy atom. The Balaban J connectivity index is 2.52. The molecule has 4 heteroatoms. The first-order valence-corrected chi connectivity index (χ1v) is 4.71. The molecular formula is C9H5FINO. The molecule has 0 aliphatic heterocycles. The van der Waals surface area contributed by atoms with Crippen molar-refractivity contribution in [1.82, 2.24) is 4.98 Å². The number of benzene rings is 1. The molecule has 0 fully saturated rings. The van der Waals surface area contributed by atoms with Gasteiger partial charge >= 0.3 is 0 Å². The summed E-state index contributed by atoms with van der Waals surface area (Å²) in [4.78, 5) is 3.89. The van der Waals surface area contributed by atoms with Crippen molar-refractivity contribution >= 4 is 22.6 Å². The van der Waals surface area contributed by atoms with Crippen molar-refractivity contribution in [3.8, 4) is 11.3 Å². The molecular weight excluding hydrogens is 284 g/mol. The van der Waals surface area contributed by atoms with Gasteiger partial charge in [-0.05, 0) is 12.1 Å². The fourth-order valence-corrected chi connectivity index (χ4v) is 1.41. The Kier molecular flexibility index (Phi) is 2.30. The summed E-state index contributed by atoms with van der Waals surface area (Å²) in [6.07, 6.45) is 1.51. The van der Waals surface area contributed by atoms with Crippen LogP contribution in [0.25, 0.3) is 11.3 Å². The lowest BCUT2D eigenvalue weighted by atomic mass is 10.2. The standard InChI is InChI=1S/C9H5FINO/c10-7-4-2-1-3-6(7)8-5-12-9(11)13-8/h1-5H. The molecule has 13 heavy (non-hydrogen) atoms. The van der Waals surface area contributed by atoms with E-state index in [2.05, 4.69) is 4.98 Å². The quantitative estimate of drug-likeness (QED) is 0.754. The molecule has 0 N–H and O–H groups in total. The van der Waals surface area contributed by atoms with Gasteiger partial charge in [-0.1, -0.05) is 12.1 Å². The first-order valence-electron chi connectivity index (χ1n) is 3.63. The molecule has 2 nitrogen and oxygen atoms in total. The van der Waals surface area contributed by atoms with Crippen molar-refractivity contribution in [2.24, 2.45) is 0 Å². The molecule has 66 valence electrons. The Morgan fingerprint density at radius 3 is 2.69 bits per heavy atom. The minimum Gasteiger partial charge on any atom is -0.432 e. The summed E-state index contributed by atoms with van der Waals surface area (Å²) >= 11 is 1.94.